The van der Waals surface area contributed by atoms with Crippen LogP contribution in [0.3, 0.4) is 0 Å². The molecule has 2 rings (SSSR count). The number of carbonyl (C=O) groups is 3. The van der Waals surface area contributed by atoms with Gasteiger partial charge in [-0.1, -0.05) is 19.1 Å². The Morgan fingerprint density at radius 2 is 1.50 bits per heavy atom. The third kappa shape index (κ3) is 6.12. The molecule has 148 valence electrons. The van der Waals surface area contributed by atoms with Crippen molar-refractivity contribution >= 4 is 23.6 Å². The van der Waals surface area contributed by atoms with E-state index >= 15 is 0 Å². The second-order valence-corrected chi connectivity index (χ2v) is 7.08. The molecule has 4 N–H and O–H groups in total. The van der Waals surface area contributed by atoms with Crippen LogP contribution in [0.1, 0.15) is 53.5 Å². The Balaban J connectivity index is 1.86. The first-order valence-electron chi connectivity index (χ1n) is 9.00. The van der Waals surface area contributed by atoms with Crippen LogP contribution in [0.15, 0.2) is 48.5 Å². The first-order valence-corrected chi connectivity index (χ1v) is 9.00. The molecule has 0 aliphatic carbocycles. The predicted octanol–water partition coefficient (Wildman–Crippen LogP) is 3.62. The second kappa shape index (κ2) is 9.03. The number of benzene rings is 2. The van der Waals surface area contributed by atoms with Gasteiger partial charge in [-0.25, -0.2) is 9.59 Å². The fourth-order valence-corrected chi connectivity index (χ4v) is 2.30. The van der Waals surface area contributed by atoms with Gasteiger partial charge >= 0.3 is 12.0 Å². The van der Waals surface area contributed by atoms with E-state index in [1.54, 1.807) is 36.4 Å². The molecule has 0 heterocycles. The SMILES string of the molecule is CCC(C)(C)NC(=O)c1ccc(NC(=O)NCc2ccc(C(=O)O)cc2)cc1. The zero-order valence-electron chi connectivity index (χ0n) is 16.2. The van der Waals surface area contributed by atoms with Gasteiger partial charge in [0.05, 0.1) is 5.56 Å². The van der Waals surface area contributed by atoms with Crippen molar-refractivity contribution < 1.29 is 19.5 Å². The predicted molar refractivity (Wildman–Crippen MR) is 108 cm³/mol. The van der Waals surface area contributed by atoms with Crippen molar-refractivity contribution in [3.8, 4) is 0 Å². The largest absolute Gasteiger partial charge is 0.478 e. The molecule has 28 heavy (non-hydrogen) atoms. The van der Waals surface area contributed by atoms with E-state index in [0.717, 1.165) is 12.0 Å². The lowest BCUT2D eigenvalue weighted by molar-refractivity contribution is 0.0696. The normalized spacial score (nSPS) is 10.8. The molecule has 0 radical (unpaired) electrons. The summed E-state index contributed by atoms with van der Waals surface area (Å²) in [6.45, 7) is 6.19. The number of carbonyl (C=O) groups excluding carboxylic acids is 2. The number of carboxylic acid groups (broad SMARTS) is 1. The number of nitrogens with one attached hydrogen (secondary N) is 3. The summed E-state index contributed by atoms with van der Waals surface area (Å²) in [5.41, 5.74) is 1.78. The maximum atomic E-state index is 12.2. The first kappa shape index (κ1) is 21.0. The van der Waals surface area contributed by atoms with Gasteiger partial charge in [0.15, 0.2) is 0 Å². The topological polar surface area (TPSA) is 108 Å². The van der Waals surface area contributed by atoms with E-state index in [1.807, 2.05) is 20.8 Å². The molecule has 0 spiro atoms. The van der Waals surface area contributed by atoms with Gasteiger partial charge in [0.1, 0.15) is 0 Å². The highest BCUT2D eigenvalue weighted by molar-refractivity contribution is 5.96. The summed E-state index contributed by atoms with van der Waals surface area (Å²) in [7, 11) is 0. The lowest BCUT2D eigenvalue weighted by Crippen LogP contribution is -2.42. The van der Waals surface area contributed by atoms with Gasteiger partial charge in [-0.2, -0.15) is 0 Å². The zero-order chi connectivity index (χ0) is 20.7. The van der Waals surface area contributed by atoms with E-state index in [9.17, 15) is 14.4 Å². The number of hydrogen-bond acceptors (Lipinski definition) is 3. The Bertz CT molecular complexity index is 843. The lowest BCUT2D eigenvalue weighted by atomic mass is 10.0. The summed E-state index contributed by atoms with van der Waals surface area (Å²) in [5.74, 6) is -1.15. The zero-order valence-corrected chi connectivity index (χ0v) is 16.2. The summed E-state index contributed by atoms with van der Waals surface area (Å²) in [6, 6.07) is 12.5. The van der Waals surface area contributed by atoms with Crippen LogP contribution in [0.25, 0.3) is 0 Å². The maximum Gasteiger partial charge on any atom is 0.335 e. The maximum absolute atomic E-state index is 12.2. The van der Waals surface area contributed by atoms with Crippen molar-refractivity contribution in [3.63, 3.8) is 0 Å². The number of hydrogen-bond donors (Lipinski definition) is 4. The molecule has 7 nitrogen and oxygen atoms in total. The number of urea groups is 1. The van der Waals surface area contributed by atoms with Gasteiger partial charge < -0.3 is 21.1 Å². The molecule has 2 aromatic rings. The standard InChI is InChI=1S/C21H25N3O4/c1-4-21(2,3)24-18(25)15-9-11-17(12-10-15)23-20(28)22-13-14-5-7-16(8-6-14)19(26)27/h5-12H,4,13H2,1-3H3,(H,24,25)(H,26,27)(H2,22,23,28). The quantitative estimate of drug-likeness (QED) is 0.585. The van der Waals surface area contributed by atoms with Crippen LogP contribution in [0.5, 0.6) is 0 Å². The number of carboxylic acids is 1. The van der Waals surface area contributed by atoms with Crippen LogP contribution in [-0.2, 0) is 6.54 Å². The van der Waals surface area contributed by atoms with Crippen LogP contribution in [0, 0.1) is 0 Å². The molecule has 0 unspecified atom stereocenters. The molecular formula is C21H25N3O4. The van der Waals surface area contributed by atoms with Gasteiger partial charge in [-0.05, 0) is 62.2 Å². The summed E-state index contributed by atoms with van der Waals surface area (Å²) in [5, 5.41) is 17.2. The van der Waals surface area contributed by atoms with Crippen molar-refractivity contribution in [2.24, 2.45) is 0 Å². The second-order valence-electron chi connectivity index (χ2n) is 7.08. The van der Waals surface area contributed by atoms with Gasteiger partial charge in [-0.15, -0.1) is 0 Å². The Morgan fingerprint density at radius 1 is 0.929 bits per heavy atom. The van der Waals surface area contributed by atoms with E-state index in [4.69, 9.17) is 5.11 Å². The van der Waals surface area contributed by atoms with Crippen molar-refractivity contribution in [2.75, 3.05) is 5.32 Å². The molecule has 0 saturated carbocycles. The minimum Gasteiger partial charge on any atom is -0.478 e. The molecular weight excluding hydrogens is 358 g/mol. The first-order chi connectivity index (χ1) is 13.2. The Morgan fingerprint density at radius 3 is 2.04 bits per heavy atom. The summed E-state index contributed by atoms with van der Waals surface area (Å²) in [4.78, 5) is 35.1. The molecule has 0 bridgehead atoms. The molecule has 0 aliphatic rings. The van der Waals surface area contributed by atoms with E-state index in [2.05, 4.69) is 16.0 Å². The summed E-state index contributed by atoms with van der Waals surface area (Å²) in [6.07, 6.45) is 0.817. The van der Waals surface area contributed by atoms with Crippen LogP contribution in [0.2, 0.25) is 0 Å². The highest BCUT2D eigenvalue weighted by Crippen LogP contribution is 2.13. The van der Waals surface area contributed by atoms with Crippen molar-refractivity contribution in [2.45, 2.75) is 39.3 Å². The molecule has 0 aromatic heterocycles. The fourth-order valence-electron chi connectivity index (χ4n) is 2.30. The number of rotatable bonds is 7. The Kier molecular flexibility index (Phi) is 6.76. The molecule has 2 aromatic carbocycles. The molecule has 0 atom stereocenters. The van der Waals surface area contributed by atoms with E-state index in [-0.39, 0.29) is 23.6 Å². The number of aromatic carboxylic acids is 1. The molecule has 3 amide bonds. The van der Waals surface area contributed by atoms with Gasteiger partial charge in [0.25, 0.3) is 5.91 Å². The smallest absolute Gasteiger partial charge is 0.335 e. The van der Waals surface area contributed by atoms with Crippen molar-refractivity contribution in [1.82, 2.24) is 10.6 Å². The molecule has 0 saturated heterocycles. The van der Waals surface area contributed by atoms with Crippen LogP contribution in [0.4, 0.5) is 10.5 Å². The molecule has 0 aliphatic heterocycles. The third-order valence-corrected chi connectivity index (χ3v) is 4.39. The third-order valence-electron chi connectivity index (χ3n) is 4.39. The monoisotopic (exact) mass is 383 g/mol. The van der Waals surface area contributed by atoms with Crippen LogP contribution in [-0.4, -0.2) is 28.6 Å². The van der Waals surface area contributed by atoms with E-state index in [1.165, 1.54) is 12.1 Å². The van der Waals surface area contributed by atoms with Gasteiger partial charge in [0.2, 0.25) is 0 Å². The number of amides is 3. The Hall–Kier alpha value is -3.35. The average Bonchev–Trinajstić information content (AvgIpc) is 2.67. The minimum atomic E-state index is -0.993. The molecule has 0 fully saturated rings. The van der Waals surface area contributed by atoms with Crippen LogP contribution < -0.4 is 16.0 Å². The van der Waals surface area contributed by atoms with Gasteiger partial charge in [-0.3, -0.25) is 4.79 Å². The van der Waals surface area contributed by atoms with Gasteiger partial charge in [0, 0.05) is 23.3 Å². The highest BCUT2D eigenvalue weighted by Gasteiger charge is 2.18. The lowest BCUT2D eigenvalue weighted by Gasteiger charge is -2.24. The Labute approximate surface area is 164 Å². The van der Waals surface area contributed by atoms with Crippen molar-refractivity contribution in [3.05, 3.63) is 65.2 Å². The van der Waals surface area contributed by atoms with E-state index in [0.29, 0.717) is 11.3 Å². The molecule has 7 heteroatoms. The van der Waals surface area contributed by atoms with Crippen molar-refractivity contribution in [1.29, 1.82) is 0 Å². The summed E-state index contributed by atoms with van der Waals surface area (Å²) < 4.78 is 0. The highest BCUT2D eigenvalue weighted by atomic mass is 16.4. The summed E-state index contributed by atoms with van der Waals surface area (Å²) >= 11 is 0. The number of anilines is 1. The van der Waals surface area contributed by atoms with Crippen LogP contribution >= 0.6 is 0 Å². The average molecular weight is 383 g/mol. The fraction of sp³-hybridized carbons (Fsp3) is 0.286. The minimum absolute atomic E-state index is 0.160. The van der Waals surface area contributed by atoms with E-state index < -0.39 is 12.0 Å².